The van der Waals surface area contributed by atoms with Crippen LogP contribution in [-0.4, -0.2) is 29.8 Å². The Kier molecular flexibility index (Phi) is 25.7. The summed E-state index contributed by atoms with van der Waals surface area (Å²) in [7, 11) is 0. The molecule has 2 amide bonds. The van der Waals surface area contributed by atoms with Gasteiger partial charge < -0.3 is 10.6 Å². The van der Waals surface area contributed by atoms with Crippen LogP contribution in [0, 0.1) is 0 Å². The van der Waals surface area contributed by atoms with Crippen molar-refractivity contribution < 1.29 is 9.59 Å². The first-order valence-electron chi connectivity index (χ1n) is 15.2. The molecular formula is C30H60N2O2. The normalized spacial score (nSPS) is 11.1. The van der Waals surface area contributed by atoms with Gasteiger partial charge in [-0.05, 0) is 25.7 Å². The summed E-state index contributed by atoms with van der Waals surface area (Å²) in [5.74, 6) is 0.0105. The minimum atomic E-state index is -0.264. The van der Waals surface area contributed by atoms with Crippen molar-refractivity contribution in [3.63, 3.8) is 0 Å². The molecule has 202 valence electrons. The number of nitrogens with two attached hydrogens (primary N) is 1. The van der Waals surface area contributed by atoms with Crippen molar-refractivity contribution in [2.45, 2.75) is 168 Å². The summed E-state index contributed by atoms with van der Waals surface area (Å²) >= 11 is 0. The van der Waals surface area contributed by atoms with Crippen molar-refractivity contribution >= 4 is 11.8 Å². The van der Waals surface area contributed by atoms with Crippen molar-refractivity contribution in [1.29, 1.82) is 0 Å². The second kappa shape index (κ2) is 26.5. The zero-order valence-electron chi connectivity index (χ0n) is 23.2. The van der Waals surface area contributed by atoms with Crippen LogP contribution in [0.2, 0.25) is 0 Å². The van der Waals surface area contributed by atoms with Crippen LogP contribution >= 0.6 is 0 Å². The van der Waals surface area contributed by atoms with Crippen LogP contribution < -0.4 is 5.73 Å². The van der Waals surface area contributed by atoms with E-state index < -0.39 is 0 Å². The molecule has 0 heterocycles. The largest absolute Gasteiger partial charge is 0.370 e. The molecule has 0 bridgehead atoms. The monoisotopic (exact) mass is 480 g/mol. The molecule has 0 rings (SSSR count). The van der Waals surface area contributed by atoms with Crippen LogP contribution in [0.25, 0.3) is 0 Å². The number of rotatable bonds is 27. The molecule has 0 aliphatic rings. The number of amides is 2. The number of unbranched alkanes of at least 4 members (excludes halogenated alkanes) is 19. The Hall–Kier alpha value is -1.06. The second-order valence-corrected chi connectivity index (χ2v) is 10.4. The van der Waals surface area contributed by atoms with Crippen molar-refractivity contribution in [3.8, 4) is 0 Å². The van der Waals surface area contributed by atoms with Gasteiger partial charge in [0.15, 0.2) is 0 Å². The molecule has 0 radical (unpaired) electrons. The third-order valence-corrected chi connectivity index (χ3v) is 6.98. The SMILES string of the molecule is CCCCCCCCCCCCN(CCCCCCCCCCCC)C(=O)CCCCC(N)=O. The Bertz CT molecular complexity index is 429. The lowest BCUT2D eigenvalue weighted by molar-refractivity contribution is -0.131. The van der Waals surface area contributed by atoms with E-state index in [1.165, 1.54) is 116 Å². The highest BCUT2D eigenvalue weighted by molar-refractivity contribution is 5.76. The third-order valence-electron chi connectivity index (χ3n) is 6.98. The summed E-state index contributed by atoms with van der Waals surface area (Å²) in [4.78, 5) is 25.8. The van der Waals surface area contributed by atoms with E-state index in [4.69, 9.17) is 5.73 Å². The maximum atomic E-state index is 12.8. The average Bonchev–Trinajstić information content (AvgIpc) is 2.82. The average molecular weight is 481 g/mol. The summed E-state index contributed by atoms with van der Waals surface area (Å²) in [6.45, 7) is 6.35. The molecular weight excluding hydrogens is 420 g/mol. The molecule has 0 aromatic carbocycles. The molecule has 0 spiro atoms. The minimum absolute atomic E-state index is 0.264. The smallest absolute Gasteiger partial charge is 0.222 e. The maximum Gasteiger partial charge on any atom is 0.222 e. The molecule has 4 nitrogen and oxygen atoms in total. The molecule has 0 aliphatic carbocycles. The van der Waals surface area contributed by atoms with E-state index in [1.54, 1.807) is 0 Å². The number of hydrogen-bond donors (Lipinski definition) is 1. The first kappa shape index (κ1) is 32.9. The Labute approximate surface area is 213 Å². The highest BCUT2D eigenvalue weighted by atomic mass is 16.2. The Morgan fingerprint density at radius 2 is 0.794 bits per heavy atom. The van der Waals surface area contributed by atoms with Gasteiger partial charge in [-0.3, -0.25) is 9.59 Å². The molecule has 0 saturated heterocycles. The van der Waals surface area contributed by atoms with Gasteiger partial charge in [-0.1, -0.05) is 129 Å². The Morgan fingerprint density at radius 3 is 1.15 bits per heavy atom. The van der Waals surface area contributed by atoms with Crippen LogP contribution in [0.3, 0.4) is 0 Å². The van der Waals surface area contributed by atoms with Crippen LogP contribution in [0.4, 0.5) is 0 Å². The van der Waals surface area contributed by atoms with E-state index in [-0.39, 0.29) is 11.8 Å². The van der Waals surface area contributed by atoms with E-state index in [0.29, 0.717) is 12.8 Å². The standard InChI is InChI=1S/C30H60N2O2/c1-3-5-7-9-11-13-15-17-19-23-27-32(30(34)26-22-21-25-29(31)33)28-24-20-18-16-14-12-10-8-6-4-2/h3-28H2,1-2H3,(H2,31,33). The molecule has 0 aliphatic heterocycles. The van der Waals surface area contributed by atoms with Crippen LogP contribution in [-0.2, 0) is 9.59 Å². The topological polar surface area (TPSA) is 63.4 Å². The summed E-state index contributed by atoms with van der Waals surface area (Å²) < 4.78 is 0. The van der Waals surface area contributed by atoms with Gasteiger partial charge in [-0.15, -0.1) is 0 Å². The quantitative estimate of drug-likeness (QED) is 0.119. The fraction of sp³-hybridized carbons (Fsp3) is 0.933. The predicted molar refractivity (Wildman–Crippen MR) is 148 cm³/mol. The summed E-state index contributed by atoms with van der Waals surface area (Å²) in [5, 5.41) is 0. The molecule has 0 aromatic rings. The van der Waals surface area contributed by atoms with E-state index in [1.807, 2.05) is 0 Å². The van der Waals surface area contributed by atoms with Gasteiger partial charge in [0.25, 0.3) is 0 Å². The summed E-state index contributed by atoms with van der Waals surface area (Å²) in [6.07, 6.45) is 28.9. The van der Waals surface area contributed by atoms with Gasteiger partial charge >= 0.3 is 0 Å². The van der Waals surface area contributed by atoms with Gasteiger partial charge in [0.1, 0.15) is 0 Å². The fourth-order valence-electron chi connectivity index (χ4n) is 4.67. The predicted octanol–water partition coefficient (Wildman–Crippen LogP) is 8.70. The van der Waals surface area contributed by atoms with E-state index >= 15 is 0 Å². The molecule has 0 saturated carbocycles. The summed E-state index contributed by atoms with van der Waals surface area (Å²) in [6, 6.07) is 0. The molecule has 4 heteroatoms. The highest BCUT2D eigenvalue weighted by Crippen LogP contribution is 2.14. The van der Waals surface area contributed by atoms with Gasteiger partial charge in [0.2, 0.25) is 11.8 Å². The van der Waals surface area contributed by atoms with Crippen molar-refractivity contribution in [2.75, 3.05) is 13.1 Å². The molecule has 0 unspecified atom stereocenters. The molecule has 2 N–H and O–H groups in total. The van der Waals surface area contributed by atoms with E-state index in [9.17, 15) is 9.59 Å². The van der Waals surface area contributed by atoms with Gasteiger partial charge in [0, 0.05) is 25.9 Å². The van der Waals surface area contributed by atoms with E-state index in [0.717, 1.165) is 38.8 Å². The first-order chi connectivity index (χ1) is 16.6. The number of carbonyl (C=O) groups is 2. The first-order valence-corrected chi connectivity index (χ1v) is 15.2. The van der Waals surface area contributed by atoms with Gasteiger partial charge in [-0.2, -0.15) is 0 Å². The lowest BCUT2D eigenvalue weighted by Crippen LogP contribution is -2.32. The van der Waals surface area contributed by atoms with Crippen LogP contribution in [0.1, 0.15) is 168 Å². The molecule has 0 atom stereocenters. The van der Waals surface area contributed by atoms with Crippen molar-refractivity contribution in [2.24, 2.45) is 5.73 Å². The van der Waals surface area contributed by atoms with Gasteiger partial charge in [0.05, 0.1) is 0 Å². The van der Waals surface area contributed by atoms with Crippen molar-refractivity contribution in [3.05, 3.63) is 0 Å². The fourth-order valence-corrected chi connectivity index (χ4v) is 4.67. The van der Waals surface area contributed by atoms with Crippen molar-refractivity contribution in [1.82, 2.24) is 4.90 Å². The van der Waals surface area contributed by atoms with Gasteiger partial charge in [-0.25, -0.2) is 0 Å². The highest BCUT2D eigenvalue weighted by Gasteiger charge is 2.13. The number of hydrogen-bond acceptors (Lipinski definition) is 2. The number of carbonyl (C=O) groups excluding carboxylic acids is 2. The Balaban J connectivity index is 4.01. The third kappa shape index (κ3) is 24.1. The molecule has 0 aromatic heterocycles. The maximum absolute atomic E-state index is 12.8. The lowest BCUT2D eigenvalue weighted by Gasteiger charge is -2.23. The zero-order chi connectivity index (χ0) is 25.1. The summed E-state index contributed by atoms with van der Waals surface area (Å²) in [5.41, 5.74) is 5.23. The second-order valence-electron chi connectivity index (χ2n) is 10.4. The molecule has 34 heavy (non-hydrogen) atoms. The number of nitrogens with zero attached hydrogens (tertiary/aromatic N) is 1. The Morgan fingerprint density at radius 1 is 0.471 bits per heavy atom. The number of primary amides is 1. The van der Waals surface area contributed by atoms with E-state index in [2.05, 4.69) is 18.7 Å². The van der Waals surface area contributed by atoms with Crippen LogP contribution in [0.5, 0.6) is 0 Å². The zero-order valence-corrected chi connectivity index (χ0v) is 23.2. The molecule has 0 fully saturated rings. The minimum Gasteiger partial charge on any atom is -0.370 e. The van der Waals surface area contributed by atoms with Crippen LogP contribution in [0.15, 0.2) is 0 Å². The lowest BCUT2D eigenvalue weighted by atomic mass is 10.1.